The molecule has 0 radical (unpaired) electrons. The summed E-state index contributed by atoms with van der Waals surface area (Å²) in [5.74, 6) is -0.0938. The third-order valence-corrected chi connectivity index (χ3v) is 3.15. The summed E-state index contributed by atoms with van der Waals surface area (Å²) in [4.78, 5) is 16.2. The molecule has 0 atom stereocenters. The number of halogens is 1. The molecule has 0 aliphatic heterocycles. The highest BCUT2D eigenvalue weighted by Gasteiger charge is 2.18. The van der Waals surface area contributed by atoms with Crippen LogP contribution < -0.4 is 4.74 Å². The van der Waals surface area contributed by atoms with Gasteiger partial charge >= 0.3 is 5.97 Å². The van der Waals surface area contributed by atoms with E-state index in [-0.39, 0.29) is 0 Å². The minimum atomic E-state index is -0.461. The van der Waals surface area contributed by atoms with Crippen LogP contribution in [-0.4, -0.2) is 25.2 Å². The lowest BCUT2D eigenvalue weighted by molar-refractivity contribution is 0.0597. The van der Waals surface area contributed by atoms with E-state index >= 15 is 0 Å². The standard InChI is InChI=1S/C14H12BrNO3/c1-18-12-10(14(17)19-2)8-11(16-13(12)15)9-6-4-3-5-7-9/h3-8H,1-2H3. The Labute approximate surface area is 119 Å². The van der Waals surface area contributed by atoms with Gasteiger partial charge in [0.15, 0.2) is 5.75 Å². The molecule has 0 fully saturated rings. The molecule has 0 saturated carbocycles. The second kappa shape index (κ2) is 5.84. The Morgan fingerprint density at radius 3 is 2.47 bits per heavy atom. The normalized spacial score (nSPS) is 10.1. The number of pyridine rings is 1. The van der Waals surface area contributed by atoms with Crippen LogP contribution in [-0.2, 0) is 4.74 Å². The van der Waals surface area contributed by atoms with Gasteiger partial charge < -0.3 is 9.47 Å². The number of carbonyl (C=O) groups excluding carboxylic acids is 1. The first-order chi connectivity index (χ1) is 9.17. The summed E-state index contributed by atoms with van der Waals surface area (Å²) < 4.78 is 10.4. The molecule has 98 valence electrons. The lowest BCUT2D eigenvalue weighted by Crippen LogP contribution is -2.06. The maximum atomic E-state index is 11.8. The summed E-state index contributed by atoms with van der Waals surface area (Å²) in [7, 11) is 2.81. The van der Waals surface area contributed by atoms with E-state index in [0.29, 0.717) is 21.6 Å². The predicted octanol–water partition coefficient (Wildman–Crippen LogP) is 3.31. The lowest BCUT2D eigenvalue weighted by atomic mass is 10.1. The lowest BCUT2D eigenvalue weighted by Gasteiger charge is -2.10. The Bertz CT molecular complexity index is 599. The smallest absolute Gasteiger partial charge is 0.341 e. The highest BCUT2D eigenvalue weighted by molar-refractivity contribution is 9.10. The third-order valence-electron chi connectivity index (χ3n) is 2.61. The van der Waals surface area contributed by atoms with Crippen LogP contribution in [0.5, 0.6) is 5.75 Å². The number of carbonyl (C=O) groups is 1. The van der Waals surface area contributed by atoms with Crippen LogP contribution in [0.15, 0.2) is 41.0 Å². The van der Waals surface area contributed by atoms with E-state index in [1.165, 1.54) is 14.2 Å². The predicted molar refractivity (Wildman–Crippen MR) is 75.3 cm³/mol. The molecular weight excluding hydrogens is 310 g/mol. The van der Waals surface area contributed by atoms with Crippen molar-refractivity contribution in [2.45, 2.75) is 0 Å². The zero-order valence-electron chi connectivity index (χ0n) is 10.5. The van der Waals surface area contributed by atoms with E-state index < -0.39 is 5.97 Å². The molecule has 0 saturated heterocycles. The van der Waals surface area contributed by atoms with Gasteiger partial charge in [-0.25, -0.2) is 9.78 Å². The fraction of sp³-hybridized carbons (Fsp3) is 0.143. The summed E-state index contributed by atoms with van der Waals surface area (Å²) in [6, 6.07) is 11.2. The number of esters is 1. The van der Waals surface area contributed by atoms with Gasteiger partial charge in [-0.15, -0.1) is 0 Å². The molecule has 4 nitrogen and oxygen atoms in total. The number of hydrogen-bond donors (Lipinski definition) is 0. The van der Waals surface area contributed by atoms with Crippen molar-refractivity contribution in [2.75, 3.05) is 14.2 Å². The van der Waals surface area contributed by atoms with Crippen molar-refractivity contribution in [1.82, 2.24) is 4.98 Å². The van der Waals surface area contributed by atoms with Gasteiger partial charge in [0.25, 0.3) is 0 Å². The zero-order chi connectivity index (χ0) is 13.8. The SMILES string of the molecule is COC(=O)c1cc(-c2ccccc2)nc(Br)c1OC. The fourth-order valence-corrected chi connectivity index (χ4v) is 2.28. The van der Waals surface area contributed by atoms with E-state index in [1.54, 1.807) is 6.07 Å². The molecule has 1 aromatic carbocycles. The van der Waals surface area contributed by atoms with Gasteiger partial charge in [-0.3, -0.25) is 0 Å². The molecular formula is C14H12BrNO3. The molecule has 0 aliphatic carbocycles. The summed E-state index contributed by atoms with van der Waals surface area (Å²) in [6.07, 6.45) is 0. The molecule has 19 heavy (non-hydrogen) atoms. The quantitative estimate of drug-likeness (QED) is 0.642. The van der Waals surface area contributed by atoms with Gasteiger partial charge in [0.2, 0.25) is 0 Å². The van der Waals surface area contributed by atoms with Crippen LogP contribution in [0.4, 0.5) is 0 Å². The van der Waals surface area contributed by atoms with E-state index in [2.05, 4.69) is 20.9 Å². The van der Waals surface area contributed by atoms with Crippen LogP contribution in [0.2, 0.25) is 0 Å². The van der Waals surface area contributed by atoms with Crippen LogP contribution >= 0.6 is 15.9 Å². The molecule has 0 bridgehead atoms. The topological polar surface area (TPSA) is 48.4 Å². The van der Waals surface area contributed by atoms with Crippen molar-refractivity contribution in [3.8, 4) is 17.0 Å². The van der Waals surface area contributed by atoms with E-state index in [9.17, 15) is 4.79 Å². The molecule has 0 amide bonds. The minimum Gasteiger partial charge on any atom is -0.493 e. The van der Waals surface area contributed by atoms with Crippen molar-refractivity contribution in [1.29, 1.82) is 0 Å². The van der Waals surface area contributed by atoms with Crippen molar-refractivity contribution in [2.24, 2.45) is 0 Å². The van der Waals surface area contributed by atoms with Gasteiger partial charge in [-0.2, -0.15) is 0 Å². The van der Waals surface area contributed by atoms with Gasteiger partial charge in [0, 0.05) is 5.56 Å². The first-order valence-corrected chi connectivity index (χ1v) is 6.35. The average Bonchev–Trinajstić information content (AvgIpc) is 2.46. The van der Waals surface area contributed by atoms with Crippen LogP contribution in [0.25, 0.3) is 11.3 Å². The largest absolute Gasteiger partial charge is 0.493 e. The van der Waals surface area contributed by atoms with Gasteiger partial charge in [-0.1, -0.05) is 30.3 Å². The Balaban J connectivity index is 2.60. The molecule has 1 aromatic heterocycles. The summed E-state index contributed by atoms with van der Waals surface area (Å²) in [5.41, 5.74) is 1.93. The second-order valence-electron chi connectivity index (χ2n) is 3.74. The molecule has 0 aliphatic rings. The van der Waals surface area contributed by atoms with Crippen LogP contribution in [0.3, 0.4) is 0 Å². The van der Waals surface area contributed by atoms with E-state index in [0.717, 1.165) is 5.56 Å². The van der Waals surface area contributed by atoms with Gasteiger partial charge in [-0.05, 0) is 22.0 Å². The van der Waals surface area contributed by atoms with E-state index in [4.69, 9.17) is 9.47 Å². The van der Waals surface area contributed by atoms with Gasteiger partial charge in [0.1, 0.15) is 10.2 Å². The molecule has 0 unspecified atom stereocenters. The number of hydrogen-bond acceptors (Lipinski definition) is 4. The highest BCUT2D eigenvalue weighted by Crippen LogP contribution is 2.31. The number of ether oxygens (including phenoxy) is 2. The fourth-order valence-electron chi connectivity index (χ4n) is 1.71. The summed E-state index contributed by atoms with van der Waals surface area (Å²) >= 11 is 3.31. The highest BCUT2D eigenvalue weighted by atomic mass is 79.9. The minimum absolute atomic E-state index is 0.339. The number of aromatic nitrogens is 1. The molecule has 2 aromatic rings. The molecule has 1 heterocycles. The van der Waals surface area contributed by atoms with Crippen molar-refractivity contribution < 1.29 is 14.3 Å². The van der Waals surface area contributed by atoms with Gasteiger partial charge in [0.05, 0.1) is 19.9 Å². The first kappa shape index (κ1) is 13.5. The Hall–Kier alpha value is -1.88. The molecule has 0 N–H and O–H groups in total. The molecule has 0 spiro atoms. The maximum absolute atomic E-state index is 11.8. The first-order valence-electron chi connectivity index (χ1n) is 5.55. The van der Waals surface area contributed by atoms with Crippen molar-refractivity contribution in [3.63, 3.8) is 0 Å². The van der Waals surface area contributed by atoms with Crippen LogP contribution in [0, 0.1) is 0 Å². The second-order valence-corrected chi connectivity index (χ2v) is 4.49. The number of nitrogens with zero attached hydrogens (tertiary/aromatic N) is 1. The Morgan fingerprint density at radius 2 is 1.89 bits per heavy atom. The third kappa shape index (κ3) is 2.76. The molecule has 2 rings (SSSR count). The number of benzene rings is 1. The summed E-state index contributed by atoms with van der Waals surface area (Å²) in [6.45, 7) is 0. The number of methoxy groups -OCH3 is 2. The van der Waals surface area contributed by atoms with Crippen molar-refractivity contribution in [3.05, 3.63) is 46.6 Å². The van der Waals surface area contributed by atoms with Crippen LogP contribution in [0.1, 0.15) is 10.4 Å². The number of rotatable bonds is 3. The van der Waals surface area contributed by atoms with Crippen molar-refractivity contribution >= 4 is 21.9 Å². The summed E-state index contributed by atoms with van der Waals surface area (Å²) in [5, 5.41) is 0. The average molecular weight is 322 g/mol. The van der Waals surface area contributed by atoms with E-state index in [1.807, 2.05) is 30.3 Å². The Kier molecular flexibility index (Phi) is 4.16. The maximum Gasteiger partial charge on any atom is 0.341 e. The Morgan fingerprint density at radius 1 is 1.21 bits per heavy atom. The zero-order valence-corrected chi connectivity index (χ0v) is 12.1. The molecule has 5 heteroatoms. The monoisotopic (exact) mass is 321 g/mol.